The van der Waals surface area contributed by atoms with Gasteiger partial charge in [-0.15, -0.1) is 0 Å². The van der Waals surface area contributed by atoms with Crippen LogP contribution in [-0.2, 0) is 4.79 Å². The summed E-state index contributed by atoms with van der Waals surface area (Å²) in [5.74, 6) is 0.174. The molecule has 3 heterocycles. The van der Waals surface area contributed by atoms with Gasteiger partial charge in [0.2, 0.25) is 5.91 Å². The lowest BCUT2D eigenvalue weighted by Gasteiger charge is -2.38. The van der Waals surface area contributed by atoms with E-state index in [1.807, 2.05) is 61.7 Å². The number of benzene rings is 2. The Labute approximate surface area is 219 Å². The van der Waals surface area contributed by atoms with Crippen LogP contribution in [0.5, 0.6) is 0 Å². The highest BCUT2D eigenvalue weighted by Gasteiger charge is 2.38. The van der Waals surface area contributed by atoms with E-state index in [9.17, 15) is 9.59 Å². The Bertz CT molecular complexity index is 1400. The number of rotatable bonds is 7. The highest BCUT2D eigenvalue weighted by atomic mass is 35.5. The average molecular weight is 522 g/mol. The lowest BCUT2D eigenvalue weighted by atomic mass is 10.0. The second-order valence-corrected chi connectivity index (χ2v) is 9.50. The summed E-state index contributed by atoms with van der Waals surface area (Å²) in [5.41, 5.74) is 2.95. The van der Waals surface area contributed by atoms with Crippen molar-refractivity contribution in [1.29, 1.82) is 0 Å². The summed E-state index contributed by atoms with van der Waals surface area (Å²) in [6.45, 7) is 2.40. The van der Waals surface area contributed by atoms with Crippen molar-refractivity contribution in [2.75, 3.05) is 18.0 Å². The molecule has 36 heavy (non-hydrogen) atoms. The van der Waals surface area contributed by atoms with Crippen LogP contribution < -0.4 is 4.90 Å². The first-order valence-corrected chi connectivity index (χ1v) is 12.6. The quantitative estimate of drug-likeness (QED) is 0.270. The van der Waals surface area contributed by atoms with E-state index in [4.69, 9.17) is 27.6 Å². The monoisotopic (exact) mass is 521 g/mol. The number of hydrogen-bond donors (Lipinski definition) is 0. The molecule has 2 aromatic carbocycles. The fourth-order valence-electron chi connectivity index (χ4n) is 4.63. The molecule has 2 amide bonds. The molecule has 1 aliphatic rings. The van der Waals surface area contributed by atoms with Crippen molar-refractivity contribution in [3.63, 3.8) is 0 Å². The van der Waals surface area contributed by atoms with Crippen LogP contribution in [0.1, 0.15) is 47.6 Å². The second kappa shape index (κ2) is 10.2. The number of anilines is 1. The summed E-state index contributed by atoms with van der Waals surface area (Å²) in [7, 11) is 0. The number of furan rings is 1. The highest BCUT2D eigenvalue weighted by Crippen LogP contribution is 2.42. The lowest BCUT2D eigenvalue weighted by molar-refractivity contribution is -0.119. The lowest BCUT2D eigenvalue weighted by Crippen LogP contribution is -2.47. The Morgan fingerprint density at radius 3 is 2.50 bits per heavy atom. The van der Waals surface area contributed by atoms with E-state index in [1.54, 1.807) is 34.3 Å². The highest BCUT2D eigenvalue weighted by molar-refractivity contribution is 6.42. The predicted molar refractivity (Wildman–Crippen MR) is 141 cm³/mol. The summed E-state index contributed by atoms with van der Waals surface area (Å²) < 4.78 is 7.86. The number of nitrogens with zero attached hydrogens (tertiary/aromatic N) is 3. The number of halogens is 2. The number of unbranched alkanes of at least 4 members (excludes halogenated alkanes) is 1. The van der Waals surface area contributed by atoms with E-state index >= 15 is 0 Å². The number of fused-ring (bicyclic) bond motifs is 3. The molecule has 1 unspecified atom stereocenters. The van der Waals surface area contributed by atoms with E-state index < -0.39 is 6.04 Å². The molecule has 0 saturated heterocycles. The molecule has 0 fully saturated rings. The van der Waals surface area contributed by atoms with Crippen molar-refractivity contribution in [3.8, 4) is 5.69 Å². The second-order valence-electron chi connectivity index (χ2n) is 8.68. The molecule has 0 radical (unpaired) electrons. The van der Waals surface area contributed by atoms with Gasteiger partial charge in [0, 0.05) is 18.3 Å². The molecular weight excluding hydrogens is 497 g/mol. The Balaban J connectivity index is 1.53. The predicted octanol–water partition coefficient (Wildman–Crippen LogP) is 6.76. The third kappa shape index (κ3) is 4.43. The van der Waals surface area contributed by atoms with Crippen molar-refractivity contribution in [1.82, 2.24) is 9.47 Å². The molecule has 184 valence electrons. The number of carbonyl (C=O) groups excluding carboxylic acids is 2. The largest absolute Gasteiger partial charge is 0.467 e. The Morgan fingerprint density at radius 2 is 1.78 bits per heavy atom. The van der Waals surface area contributed by atoms with E-state index in [1.165, 1.54) is 0 Å². The normalized spacial score (nSPS) is 14.3. The molecular formula is C28H25Cl2N3O3. The summed E-state index contributed by atoms with van der Waals surface area (Å²) in [4.78, 5) is 30.9. The van der Waals surface area contributed by atoms with Crippen LogP contribution in [0.25, 0.3) is 5.69 Å². The zero-order valence-corrected chi connectivity index (χ0v) is 21.2. The van der Waals surface area contributed by atoms with Crippen molar-refractivity contribution >= 4 is 40.7 Å². The summed E-state index contributed by atoms with van der Waals surface area (Å²) in [5, 5.41) is 0.673. The SMILES string of the molecule is CCCCN(CC(=O)N1c2ccccc2-n2cccc2C1c1ccco1)C(=O)c1ccc(Cl)c(Cl)c1. The molecule has 6 nitrogen and oxygen atoms in total. The van der Waals surface area contributed by atoms with Crippen LogP contribution in [0.4, 0.5) is 5.69 Å². The van der Waals surface area contributed by atoms with Crippen molar-refractivity contribution in [3.05, 3.63) is 106 Å². The standard InChI is InChI=1S/C28H25Cl2N3O3/c1-2-3-14-31(28(35)19-12-13-20(29)21(30)17-19)18-26(34)33-23-9-5-4-8-22(23)32-15-6-10-24(32)27(33)25-11-7-16-36-25/h4-13,15-17,27H,2-3,14,18H2,1H3. The molecule has 1 atom stereocenters. The maximum Gasteiger partial charge on any atom is 0.254 e. The molecule has 8 heteroatoms. The van der Waals surface area contributed by atoms with Crippen LogP contribution in [0.3, 0.4) is 0 Å². The molecule has 0 bridgehead atoms. The van der Waals surface area contributed by atoms with E-state index in [0.717, 1.165) is 29.9 Å². The van der Waals surface area contributed by atoms with Crippen LogP contribution >= 0.6 is 23.2 Å². The van der Waals surface area contributed by atoms with Gasteiger partial charge in [0.1, 0.15) is 18.3 Å². The minimum atomic E-state index is -0.467. The molecule has 1 aliphatic heterocycles. The van der Waals surface area contributed by atoms with E-state index in [0.29, 0.717) is 27.9 Å². The van der Waals surface area contributed by atoms with Gasteiger partial charge in [0.15, 0.2) is 0 Å². The van der Waals surface area contributed by atoms with Gasteiger partial charge in [-0.05, 0) is 61.0 Å². The smallest absolute Gasteiger partial charge is 0.254 e. The number of aromatic nitrogens is 1. The average Bonchev–Trinajstić information content (AvgIpc) is 3.59. The minimum Gasteiger partial charge on any atom is -0.467 e. The molecule has 0 saturated carbocycles. The van der Waals surface area contributed by atoms with Gasteiger partial charge in [-0.3, -0.25) is 14.5 Å². The summed E-state index contributed by atoms with van der Waals surface area (Å²) in [6, 6.07) is 19.7. The molecule has 0 spiro atoms. The van der Waals surface area contributed by atoms with Gasteiger partial charge >= 0.3 is 0 Å². The first-order valence-electron chi connectivity index (χ1n) is 11.9. The number of hydrogen-bond acceptors (Lipinski definition) is 3. The zero-order valence-electron chi connectivity index (χ0n) is 19.7. The van der Waals surface area contributed by atoms with E-state index in [-0.39, 0.29) is 18.4 Å². The van der Waals surface area contributed by atoms with E-state index in [2.05, 4.69) is 4.57 Å². The van der Waals surface area contributed by atoms with Gasteiger partial charge in [0.05, 0.1) is 33.4 Å². The third-order valence-corrected chi connectivity index (χ3v) is 7.10. The van der Waals surface area contributed by atoms with Crippen molar-refractivity contribution in [2.24, 2.45) is 0 Å². The third-order valence-electron chi connectivity index (χ3n) is 6.36. The first-order chi connectivity index (χ1) is 17.5. The Morgan fingerprint density at radius 1 is 0.972 bits per heavy atom. The zero-order chi connectivity index (χ0) is 25.2. The number of carbonyl (C=O) groups is 2. The molecule has 2 aromatic heterocycles. The van der Waals surface area contributed by atoms with Gasteiger partial charge in [-0.1, -0.05) is 48.7 Å². The van der Waals surface area contributed by atoms with Gasteiger partial charge in [-0.2, -0.15) is 0 Å². The molecule has 0 aliphatic carbocycles. The fourth-order valence-corrected chi connectivity index (χ4v) is 4.93. The van der Waals surface area contributed by atoms with Crippen LogP contribution in [0, 0.1) is 0 Å². The molecule has 5 rings (SSSR count). The summed E-state index contributed by atoms with van der Waals surface area (Å²) >= 11 is 12.2. The minimum absolute atomic E-state index is 0.0919. The van der Waals surface area contributed by atoms with Gasteiger partial charge in [0.25, 0.3) is 5.91 Å². The maximum atomic E-state index is 14.1. The molecule has 0 N–H and O–H groups in total. The van der Waals surface area contributed by atoms with Gasteiger partial charge < -0.3 is 13.9 Å². The van der Waals surface area contributed by atoms with Crippen LogP contribution in [0.15, 0.2) is 83.6 Å². The summed E-state index contributed by atoms with van der Waals surface area (Å²) in [6.07, 6.45) is 5.23. The first kappa shape index (κ1) is 24.2. The van der Waals surface area contributed by atoms with Crippen LogP contribution in [0.2, 0.25) is 10.0 Å². The number of para-hydroxylation sites is 2. The number of amides is 2. The van der Waals surface area contributed by atoms with Crippen LogP contribution in [-0.4, -0.2) is 34.4 Å². The topological polar surface area (TPSA) is 58.7 Å². The van der Waals surface area contributed by atoms with Gasteiger partial charge in [-0.25, -0.2) is 0 Å². The Kier molecular flexibility index (Phi) is 6.90. The van der Waals surface area contributed by atoms with Crippen molar-refractivity contribution in [2.45, 2.75) is 25.8 Å². The fraction of sp³-hybridized carbons (Fsp3) is 0.214. The molecule has 4 aromatic rings. The maximum absolute atomic E-state index is 14.1. The van der Waals surface area contributed by atoms with Crippen molar-refractivity contribution < 1.29 is 14.0 Å². The Hall–Kier alpha value is -3.48.